The first-order chi connectivity index (χ1) is 5.23. The zero-order chi connectivity index (χ0) is 7.90. The van der Waals surface area contributed by atoms with Crippen LogP contribution < -0.4 is 0 Å². The van der Waals surface area contributed by atoms with Gasteiger partial charge in [0.2, 0.25) is 0 Å². The molecule has 0 spiro atoms. The van der Waals surface area contributed by atoms with E-state index in [-0.39, 0.29) is 0 Å². The number of phosphoric ester groups is 1. The van der Waals surface area contributed by atoms with Crippen molar-refractivity contribution in [2.24, 2.45) is 0 Å². The average molecular weight is 173 g/mol. The van der Waals surface area contributed by atoms with E-state index in [0.717, 1.165) is 11.9 Å². The fraction of sp³-hybridized carbons (Fsp3) is 0.600. The maximum atomic E-state index is 10.9. The van der Waals surface area contributed by atoms with Crippen molar-refractivity contribution in [3.8, 4) is 0 Å². The summed E-state index contributed by atoms with van der Waals surface area (Å²) in [5.74, 6) is 0.401. The molecule has 3 aliphatic heterocycles. The van der Waals surface area contributed by atoms with Gasteiger partial charge < -0.3 is 9.05 Å². The number of rotatable bonds is 2. The van der Waals surface area contributed by atoms with E-state index < -0.39 is 7.82 Å². The topological polar surface area (TPSA) is 44.8 Å². The van der Waals surface area contributed by atoms with Crippen LogP contribution in [-0.4, -0.2) is 13.9 Å². The standard InChI is InChI=1S/C5H7BO4P/c1-6-2-4-3-8-11(7)9-5(4)10-11/h2-3H2,1H3. The molecule has 0 aromatic heterocycles. The van der Waals surface area contributed by atoms with Gasteiger partial charge in [-0.1, -0.05) is 13.1 Å². The fourth-order valence-electron chi connectivity index (χ4n) is 0.996. The van der Waals surface area contributed by atoms with E-state index in [2.05, 4.69) is 0 Å². The van der Waals surface area contributed by atoms with E-state index in [9.17, 15) is 4.57 Å². The minimum Gasteiger partial charge on any atom is -0.361 e. The normalized spacial score (nSPS) is 24.8. The lowest BCUT2D eigenvalue weighted by Gasteiger charge is -2.34. The van der Waals surface area contributed by atoms with Gasteiger partial charge in [-0.2, -0.15) is 0 Å². The zero-order valence-corrected chi connectivity index (χ0v) is 6.97. The molecule has 0 unspecified atom stereocenters. The number of fused-ring (bicyclic) bond motifs is 2. The predicted octanol–water partition coefficient (Wildman–Crippen LogP) is 1.55. The third-order valence-corrected chi connectivity index (χ3v) is 2.75. The fourth-order valence-corrected chi connectivity index (χ4v) is 2.09. The average Bonchev–Trinajstić information content (AvgIpc) is 1.91. The maximum Gasteiger partial charge on any atom is 0.592 e. The van der Waals surface area contributed by atoms with E-state index in [1.54, 1.807) is 0 Å². The summed E-state index contributed by atoms with van der Waals surface area (Å²) in [5, 5.41) is 0. The summed E-state index contributed by atoms with van der Waals surface area (Å²) in [7, 11) is -1.11. The van der Waals surface area contributed by atoms with Crippen LogP contribution in [0.2, 0.25) is 13.1 Å². The molecule has 1 radical (unpaired) electrons. The van der Waals surface area contributed by atoms with Crippen LogP contribution in [0.4, 0.5) is 0 Å². The van der Waals surface area contributed by atoms with Gasteiger partial charge in [-0.05, 0) is 0 Å². The Labute approximate surface area is 65.4 Å². The summed E-state index contributed by atoms with van der Waals surface area (Å²) < 4.78 is 25.4. The number of hydrogen-bond donors (Lipinski definition) is 0. The van der Waals surface area contributed by atoms with Gasteiger partial charge in [0.1, 0.15) is 7.28 Å². The van der Waals surface area contributed by atoms with E-state index in [1.165, 1.54) is 0 Å². The van der Waals surface area contributed by atoms with Crippen LogP contribution in [-0.2, 0) is 18.1 Å². The molecule has 59 valence electrons. The summed E-state index contributed by atoms with van der Waals surface area (Å²) in [6.45, 7) is 2.30. The lowest BCUT2D eigenvalue weighted by molar-refractivity contribution is 0.0134. The van der Waals surface area contributed by atoms with Crippen molar-refractivity contribution in [3.05, 3.63) is 11.5 Å². The number of hydrogen-bond acceptors (Lipinski definition) is 4. The molecule has 0 atom stereocenters. The quantitative estimate of drug-likeness (QED) is 0.469. The molecule has 0 aliphatic carbocycles. The second-order valence-corrected chi connectivity index (χ2v) is 3.92. The molecule has 3 rings (SSSR count). The van der Waals surface area contributed by atoms with Crippen LogP contribution in [0.1, 0.15) is 0 Å². The van der Waals surface area contributed by atoms with Crippen LogP contribution in [0.5, 0.6) is 0 Å². The lowest BCUT2D eigenvalue weighted by atomic mass is 9.75. The summed E-state index contributed by atoms with van der Waals surface area (Å²) in [5.41, 5.74) is 0.922. The first-order valence-corrected chi connectivity index (χ1v) is 4.83. The summed E-state index contributed by atoms with van der Waals surface area (Å²) in [6.07, 6.45) is 0.759. The molecule has 0 aromatic carbocycles. The van der Waals surface area contributed by atoms with Crippen LogP contribution in [0, 0.1) is 0 Å². The van der Waals surface area contributed by atoms with Gasteiger partial charge in [-0.15, -0.1) is 0 Å². The third kappa shape index (κ3) is 1.08. The van der Waals surface area contributed by atoms with Crippen molar-refractivity contribution in [1.29, 1.82) is 0 Å². The molecule has 0 saturated carbocycles. The van der Waals surface area contributed by atoms with Crippen LogP contribution in [0.3, 0.4) is 0 Å². The molecule has 1 fully saturated rings. The highest BCUT2D eigenvalue weighted by Crippen LogP contribution is 2.66. The molecule has 3 heterocycles. The Morgan fingerprint density at radius 3 is 2.82 bits per heavy atom. The first-order valence-electron chi connectivity index (χ1n) is 3.37. The third-order valence-electron chi connectivity index (χ3n) is 1.53. The van der Waals surface area contributed by atoms with Gasteiger partial charge in [0.05, 0.1) is 6.61 Å². The Balaban J connectivity index is 2.13. The van der Waals surface area contributed by atoms with Crippen LogP contribution in [0.15, 0.2) is 11.5 Å². The van der Waals surface area contributed by atoms with Crippen LogP contribution in [0.25, 0.3) is 0 Å². The lowest BCUT2D eigenvalue weighted by Crippen LogP contribution is -2.22. The number of phosphoric acid groups is 1. The zero-order valence-electron chi connectivity index (χ0n) is 6.07. The van der Waals surface area contributed by atoms with Gasteiger partial charge in [0, 0.05) is 5.57 Å². The maximum absolute atomic E-state index is 10.9. The van der Waals surface area contributed by atoms with Crippen molar-refractivity contribution in [2.75, 3.05) is 6.61 Å². The van der Waals surface area contributed by atoms with Gasteiger partial charge in [0.15, 0.2) is 0 Å². The van der Waals surface area contributed by atoms with Gasteiger partial charge in [-0.25, -0.2) is 4.57 Å². The summed E-state index contributed by atoms with van der Waals surface area (Å²) in [6, 6.07) is 0. The molecule has 6 heteroatoms. The molecule has 4 nitrogen and oxygen atoms in total. The van der Waals surface area contributed by atoms with Crippen molar-refractivity contribution in [2.45, 2.75) is 13.1 Å². The second kappa shape index (κ2) is 2.29. The Hall–Kier alpha value is -0.405. The molecular weight excluding hydrogens is 166 g/mol. The minimum absolute atomic E-state index is 0.372. The molecule has 1 saturated heterocycles. The van der Waals surface area contributed by atoms with E-state index in [0.29, 0.717) is 12.6 Å². The van der Waals surface area contributed by atoms with Crippen LogP contribution >= 0.6 is 7.82 Å². The highest BCUT2D eigenvalue weighted by Gasteiger charge is 2.49. The van der Waals surface area contributed by atoms with Crippen molar-refractivity contribution >= 4 is 15.1 Å². The Morgan fingerprint density at radius 2 is 2.36 bits per heavy atom. The van der Waals surface area contributed by atoms with E-state index in [4.69, 9.17) is 13.6 Å². The molecule has 0 amide bonds. The smallest absolute Gasteiger partial charge is 0.361 e. The Morgan fingerprint density at radius 1 is 1.64 bits per heavy atom. The van der Waals surface area contributed by atoms with Gasteiger partial charge in [-0.3, -0.25) is 4.52 Å². The predicted molar refractivity (Wildman–Crippen MR) is 39.2 cm³/mol. The van der Waals surface area contributed by atoms with Crippen molar-refractivity contribution < 1.29 is 18.1 Å². The van der Waals surface area contributed by atoms with E-state index in [1.807, 2.05) is 14.1 Å². The highest BCUT2D eigenvalue weighted by molar-refractivity contribution is 7.50. The highest BCUT2D eigenvalue weighted by atomic mass is 31.2. The summed E-state index contributed by atoms with van der Waals surface area (Å²) in [4.78, 5) is 0. The van der Waals surface area contributed by atoms with E-state index >= 15 is 0 Å². The minimum atomic E-state index is -3.08. The second-order valence-electron chi connectivity index (χ2n) is 2.41. The molecule has 2 bridgehead atoms. The van der Waals surface area contributed by atoms with Crippen molar-refractivity contribution in [3.63, 3.8) is 0 Å². The van der Waals surface area contributed by atoms with Gasteiger partial charge >= 0.3 is 7.82 Å². The molecule has 0 N–H and O–H groups in total. The largest absolute Gasteiger partial charge is 0.592 e. The summed E-state index contributed by atoms with van der Waals surface area (Å²) >= 11 is 0. The Kier molecular flexibility index (Phi) is 1.51. The molecule has 3 aliphatic rings. The monoisotopic (exact) mass is 173 g/mol. The molecular formula is C5H7BO4P. The molecule has 0 aromatic rings. The van der Waals surface area contributed by atoms with Crippen molar-refractivity contribution in [1.82, 2.24) is 0 Å². The first kappa shape index (κ1) is 7.26. The molecule has 11 heavy (non-hydrogen) atoms. The SMILES string of the molecule is C[B]CC1=C2OP(=O)(OC1)O2. The Bertz CT molecular complexity index is 249. The van der Waals surface area contributed by atoms with Gasteiger partial charge in [0.25, 0.3) is 5.95 Å².